The summed E-state index contributed by atoms with van der Waals surface area (Å²) < 4.78 is 11.4. The summed E-state index contributed by atoms with van der Waals surface area (Å²) in [5.41, 5.74) is 2.30. The Bertz CT molecular complexity index is 949. The first-order valence-electron chi connectivity index (χ1n) is 9.67. The van der Waals surface area contributed by atoms with Crippen LogP contribution in [0.15, 0.2) is 42.6 Å². The van der Waals surface area contributed by atoms with E-state index in [1.807, 2.05) is 44.2 Å². The number of rotatable bonds is 8. The number of fused-ring (bicyclic) bond motifs is 1. The molecule has 0 spiro atoms. The molecule has 0 aliphatic heterocycles. The first-order valence-corrected chi connectivity index (χ1v) is 9.67. The number of aromatic nitrogens is 2. The molecule has 0 saturated heterocycles. The normalized spacial score (nSPS) is 12.2. The van der Waals surface area contributed by atoms with E-state index in [1.54, 1.807) is 12.3 Å². The molecule has 1 heterocycles. The SMILES string of the molecule is CCOc1ccc(C(NC(=O)c2cccc3cn[nH]c23)C(C)C)cc1OCC. The van der Waals surface area contributed by atoms with Gasteiger partial charge >= 0.3 is 0 Å². The molecule has 0 aliphatic rings. The number of carbonyl (C=O) groups excluding carboxylic acids is 1. The van der Waals surface area contributed by atoms with Crippen LogP contribution in [-0.4, -0.2) is 29.3 Å². The van der Waals surface area contributed by atoms with Crippen molar-refractivity contribution in [1.82, 2.24) is 15.5 Å². The molecular formula is C22H27N3O3. The minimum absolute atomic E-state index is 0.139. The number of ether oxygens (including phenoxy) is 2. The molecule has 1 aromatic heterocycles. The van der Waals surface area contributed by atoms with E-state index in [9.17, 15) is 4.79 Å². The van der Waals surface area contributed by atoms with E-state index in [0.717, 1.165) is 16.5 Å². The molecule has 148 valence electrons. The van der Waals surface area contributed by atoms with Crippen LogP contribution < -0.4 is 14.8 Å². The quantitative estimate of drug-likeness (QED) is 0.603. The highest BCUT2D eigenvalue weighted by atomic mass is 16.5. The summed E-state index contributed by atoms with van der Waals surface area (Å²) >= 11 is 0. The second-order valence-corrected chi connectivity index (χ2v) is 6.91. The maximum absolute atomic E-state index is 13.0. The van der Waals surface area contributed by atoms with Crippen molar-refractivity contribution in [1.29, 1.82) is 0 Å². The predicted molar refractivity (Wildman–Crippen MR) is 110 cm³/mol. The lowest BCUT2D eigenvalue weighted by atomic mass is 9.95. The van der Waals surface area contributed by atoms with E-state index in [0.29, 0.717) is 30.3 Å². The van der Waals surface area contributed by atoms with Crippen molar-refractivity contribution in [3.8, 4) is 11.5 Å². The van der Waals surface area contributed by atoms with Crippen LogP contribution in [0.2, 0.25) is 0 Å². The Kier molecular flexibility index (Phi) is 6.19. The number of hydrogen-bond donors (Lipinski definition) is 2. The third-order valence-corrected chi connectivity index (χ3v) is 4.60. The van der Waals surface area contributed by atoms with Crippen LogP contribution in [0.3, 0.4) is 0 Å². The fraction of sp³-hybridized carbons (Fsp3) is 0.364. The lowest BCUT2D eigenvalue weighted by Crippen LogP contribution is -2.32. The molecule has 28 heavy (non-hydrogen) atoms. The van der Waals surface area contributed by atoms with Gasteiger partial charge in [0.15, 0.2) is 11.5 Å². The van der Waals surface area contributed by atoms with E-state index in [4.69, 9.17) is 9.47 Å². The highest BCUT2D eigenvalue weighted by Gasteiger charge is 2.22. The molecule has 0 saturated carbocycles. The Morgan fingerprint density at radius 1 is 1.11 bits per heavy atom. The second kappa shape index (κ2) is 8.78. The number of hydrogen-bond acceptors (Lipinski definition) is 4. The summed E-state index contributed by atoms with van der Waals surface area (Å²) in [4.78, 5) is 13.0. The number of H-pyrrole nitrogens is 1. The van der Waals surface area contributed by atoms with Gasteiger partial charge < -0.3 is 14.8 Å². The van der Waals surface area contributed by atoms with E-state index in [2.05, 4.69) is 29.4 Å². The molecule has 0 radical (unpaired) electrons. The van der Waals surface area contributed by atoms with Crippen molar-refractivity contribution in [2.45, 2.75) is 33.7 Å². The zero-order chi connectivity index (χ0) is 20.1. The van der Waals surface area contributed by atoms with Gasteiger partial charge in [-0.25, -0.2) is 0 Å². The minimum Gasteiger partial charge on any atom is -0.490 e. The Morgan fingerprint density at radius 3 is 2.57 bits per heavy atom. The van der Waals surface area contributed by atoms with E-state index in [1.165, 1.54) is 0 Å². The van der Waals surface area contributed by atoms with Gasteiger partial charge in [-0.05, 0) is 43.5 Å². The van der Waals surface area contributed by atoms with Crippen molar-refractivity contribution in [3.63, 3.8) is 0 Å². The molecule has 3 rings (SSSR count). The van der Waals surface area contributed by atoms with Crippen LogP contribution in [0.1, 0.15) is 49.7 Å². The lowest BCUT2D eigenvalue weighted by molar-refractivity contribution is 0.0927. The fourth-order valence-electron chi connectivity index (χ4n) is 3.27. The van der Waals surface area contributed by atoms with Crippen molar-refractivity contribution >= 4 is 16.8 Å². The van der Waals surface area contributed by atoms with E-state index < -0.39 is 0 Å². The van der Waals surface area contributed by atoms with E-state index >= 15 is 0 Å². The van der Waals surface area contributed by atoms with Crippen molar-refractivity contribution in [3.05, 3.63) is 53.7 Å². The summed E-state index contributed by atoms with van der Waals surface area (Å²) in [5.74, 6) is 1.46. The van der Waals surface area contributed by atoms with Crippen LogP contribution in [0, 0.1) is 5.92 Å². The van der Waals surface area contributed by atoms with Crippen molar-refractivity contribution in [2.75, 3.05) is 13.2 Å². The standard InChI is InChI=1S/C22H27N3O3/c1-5-27-18-11-10-15(12-19(18)28-6-2)20(14(3)4)24-22(26)17-9-7-8-16-13-23-25-21(16)17/h7-14,20H,5-6H2,1-4H3,(H,23,25)(H,24,26). The van der Waals surface area contributed by atoms with Gasteiger partial charge in [-0.2, -0.15) is 5.10 Å². The molecule has 0 bridgehead atoms. The number of para-hydroxylation sites is 1. The summed E-state index contributed by atoms with van der Waals surface area (Å²) in [5, 5.41) is 11.0. The van der Waals surface area contributed by atoms with Gasteiger partial charge in [0.2, 0.25) is 0 Å². The molecule has 6 heteroatoms. The Labute approximate surface area is 165 Å². The molecule has 3 aromatic rings. The summed E-state index contributed by atoms with van der Waals surface area (Å²) in [7, 11) is 0. The average Bonchev–Trinajstić information content (AvgIpc) is 3.16. The number of nitrogens with one attached hydrogen (secondary N) is 2. The van der Waals surface area contributed by atoms with Gasteiger partial charge in [-0.15, -0.1) is 0 Å². The van der Waals surface area contributed by atoms with Gasteiger partial charge in [0.1, 0.15) is 0 Å². The second-order valence-electron chi connectivity index (χ2n) is 6.91. The van der Waals surface area contributed by atoms with Gasteiger partial charge in [-0.1, -0.05) is 32.0 Å². The number of amides is 1. The van der Waals surface area contributed by atoms with Gasteiger partial charge in [0, 0.05) is 5.39 Å². The highest BCUT2D eigenvalue weighted by molar-refractivity contribution is 6.05. The third kappa shape index (κ3) is 4.11. The van der Waals surface area contributed by atoms with Crippen LogP contribution in [-0.2, 0) is 0 Å². The molecule has 1 amide bonds. The topological polar surface area (TPSA) is 76.2 Å². The van der Waals surface area contributed by atoms with Crippen LogP contribution in [0.25, 0.3) is 10.9 Å². The molecule has 0 aliphatic carbocycles. The van der Waals surface area contributed by atoms with Gasteiger partial charge in [0.05, 0.1) is 36.5 Å². The van der Waals surface area contributed by atoms with Gasteiger partial charge in [0.25, 0.3) is 5.91 Å². The molecule has 1 unspecified atom stereocenters. The number of benzene rings is 2. The zero-order valence-corrected chi connectivity index (χ0v) is 16.8. The number of carbonyl (C=O) groups is 1. The predicted octanol–water partition coefficient (Wildman–Crippen LogP) is 4.49. The summed E-state index contributed by atoms with van der Waals surface area (Å²) in [6.07, 6.45) is 1.72. The number of nitrogens with zero attached hydrogens (tertiary/aromatic N) is 1. The highest BCUT2D eigenvalue weighted by Crippen LogP contribution is 2.33. The maximum atomic E-state index is 13.0. The third-order valence-electron chi connectivity index (χ3n) is 4.60. The minimum atomic E-state index is -0.166. The van der Waals surface area contributed by atoms with Crippen LogP contribution in [0.5, 0.6) is 11.5 Å². The zero-order valence-electron chi connectivity index (χ0n) is 16.8. The summed E-state index contributed by atoms with van der Waals surface area (Å²) in [6.45, 7) is 9.16. The monoisotopic (exact) mass is 381 g/mol. The molecule has 2 aromatic carbocycles. The Morgan fingerprint density at radius 2 is 1.86 bits per heavy atom. The van der Waals surface area contributed by atoms with E-state index in [-0.39, 0.29) is 17.9 Å². The molecule has 0 fully saturated rings. The van der Waals surface area contributed by atoms with Crippen LogP contribution >= 0.6 is 0 Å². The maximum Gasteiger partial charge on any atom is 0.253 e. The first-order chi connectivity index (χ1) is 13.5. The average molecular weight is 381 g/mol. The fourth-order valence-corrected chi connectivity index (χ4v) is 3.27. The lowest BCUT2D eigenvalue weighted by Gasteiger charge is -2.24. The molecule has 2 N–H and O–H groups in total. The van der Waals surface area contributed by atoms with Crippen LogP contribution in [0.4, 0.5) is 0 Å². The first kappa shape index (κ1) is 19.7. The molecule has 1 atom stereocenters. The van der Waals surface area contributed by atoms with Crippen molar-refractivity contribution in [2.24, 2.45) is 5.92 Å². The Balaban J connectivity index is 1.90. The molecular weight excluding hydrogens is 354 g/mol. The smallest absolute Gasteiger partial charge is 0.253 e. The molecule has 6 nitrogen and oxygen atoms in total. The summed E-state index contributed by atoms with van der Waals surface area (Å²) in [6, 6.07) is 11.3. The Hall–Kier alpha value is -3.02. The van der Waals surface area contributed by atoms with Crippen molar-refractivity contribution < 1.29 is 14.3 Å². The largest absolute Gasteiger partial charge is 0.490 e. The number of aromatic amines is 1. The van der Waals surface area contributed by atoms with Gasteiger partial charge in [-0.3, -0.25) is 9.89 Å².